The third kappa shape index (κ3) is 2.41. The van der Waals surface area contributed by atoms with Crippen molar-refractivity contribution in [1.29, 1.82) is 0 Å². The van der Waals surface area contributed by atoms with Crippen LogP contribution in [0.1, 0.15) is 35.5 Å². The van der Waals surface area contributed by atoms with Gasteiger partial charge in [0.15, 0.2) is 0 Å². The number of alkyl halides is 1. The molecule has 5 nitrogen and oxygen atoms in total. The lowest BCUT2D eigenvalue weighted by Crippen LogP contribution is -2.40. The number of amides is 1. The smallest absolute Gasteiger partial charge is 0.261 e. The summed E-state index contributed by atoms with van der Waals surface area (Å²) < 4.78 is 14.7. The average Bonchev–Trinajstić information content (AvgIpc) is 3.00. The van der Waals surface area contributed by atoms with E-state index in [0.29, 0.717) is 22.1 Å². The summed E-state index contributed by atoms with van der Waals surface area (Å²) >= 11 is 6.08. The van der Waals surface area contributed by atoms with Crippen molar-refractivity contribution in [2.24, 2.45) is 0 Å². The van der Waals surface area contributed by atoms with E-state index in [0.717, 1.165) is 5.56 Å². The number of aromatic nitrogens is 3. The first-order chi connectivity index (χ1) is 11.3. The number of carbonyl (C=O) groups excluding carboxylic acids is 1. The van der Waals surface area contributed by atoms with Gasteiger partial charge < -0.3 is 0 Å². The van der Waals surface area contributed by atoms with Crippen LogP contribution in [0.3, 0.4) is 0 Å². The number of pyridine rings is 1. The van der Waals surface area contributed by atoms with E-state index in [2.05, 4.69) is 16.7 Å². The maximum atomic E-state index is 13.2. The number of nitrogens with zero attached hydrogens (tertiary/aromatic N) is 4. The van der Waals surface area contributed by atoms with Crippen LogP contribution < -0.4 is 4.90 Å². The highest BCUT2D eigenvalue weighted by Gasteiger charge is 2.48. The summed E-state index contributed by atoms with van der Waals surface area (Å²) in [5.41, 5.74) is 1.57. The van der Waals surface area contributed by atoms with Gasteiger partial charge in [-0.15, -0.1) is 6.58 Å². The van der Waals surface area contributed by atoms with Crippen LogP contribution in [0, 0.1) is 6.92 Å². The van der Waals surface area contributed by atoms with Gasteiger partial charge in [0, 0.05) is 6.20 Å². The SMILES string of the molecule is C=CC1(C)c2nc(Cl)cc(C)c2C(=O)N1c1cnn(CC(C)F)c1. The van der Waals surface area contributed by atoms with Crippen LogP contribution in [0.15, 0.2) is 31.1 Å². The lowest BCUT2D eigenvalue weighted by atomic mass is 9.95. The summed E-state index contributed by atoms with van der Waals surface area (Å²) in [5.74, 6) is -0.193. The Balaban J connectivity index is 2.12. The summed E-state index contributed by atoms with van der Waals surface area (Å²) in [4.78, 5) is 19.0. The number of anilines is 1. The molecule has 0 spiro atoms. The Morgan fingerprint density at radius 1 is 1.54 bits per heavy atom. The van der Waals surface area contributed by atoms with Crippen molar-refractivity contribution in [1.82, 2.24) is 14.8 Å². The molecule has 0 aromatic carbocycles. The topological polar surface area (TPSA) is 51.0 Å². The lowest BCUT2D eigenvalue weighted by Gasteiger charge is -2.31. The van der Waals surface area contributed by atoms with Crippen molar-refractivity contribution in [3.8, 4) is 0 Å². The van der Waals surface area contributed by atoms with E-state index in [4.69, 9.17) is 11.6 Å². The van der Waals surface area contributed by atoms with E-state index in [1.807, 2.05) is 13.8 Å². The first kappa shape index (κ1) is 16.6. The number of rotatable bonds is 4. The van der Waals surface area contributed by atoms with Gasteiger partial charge in [-0.1, -0.05) is 17.7 Å². The average molecular weight is 349 g/mol. The molecule has 7 heteroatoms. The molecule has 1 aliphatic rings. The van der Waals surface area contributed by atoms with Gasteiger partial charge in [-0.2, -0.15) is 5.10 Å². The summed E-state index contributed by atoms with van der Waals surface area (Å²) in [5, 5.41) is 4.47. The molecule has 2 aromatic rings. The van der Waals surface area contributed by atoms with E-state index >= 15 is 0 Å². The molecule has 3 heterocycles. The molecule has 3 rings (SSSR count). The molecule has 0 N–H and O–H groups in total. The van der Waals surface area contributed by atoms with Crippen molar-refractivity contribution >= 4 is 23.2 Å². The number of carbonyl (C=O) groups is 1. The van der Waals surface area contributed by atoms with E-state index in [-0.39, 0.29) is 12.5 Å². The predicted octanol–water partition coefficient (Wildman–Crippen LogP) is 3.66. The maximum absolute atomic E-state index is 13.2. The van der Waals surface area contributed by atoms with Gasteiger partial charge in [0.05, 0.1) is 29.7 Å². The molecule has 0 aliphatic carbocycles. The van der Waals surface area contributed by atoms with Crippen molar-refractivity contribution in [3.63, 3.8) is 0 Å². The molecule has 0 saturated carbocycles. The lowest BCUT2D eigenvalue weighted by molar-refractivity contribution is 0.0985. The largest absolute Gasteiger partial charge is 0.290 e. The quantitative estimate of drug-likeness (QED) is 0.626. The van der Waals surface area contributed by atoms with Gasteiger partial charge in [0.2, 0.25) is 0 Å². The molecule has 126 valence electrons. The molecule has 1 aliphatic heterocycles. The zero-order valence-electron chi connectivity index (χ0n) is 13.8. The highest BCUT2D eigenvalue weighted by atomic mass is 35.5. The van der Waals surface area contributed by atoms with Gasteiger partial charge in [-0.25, -0.2) is 9.37 Å². The molecule has 24 heavy (non-hydrogen) atoms. The van der Waals surface area contributed by atoms with E-state index in [1.54, 1.807) is 29.4 Å². The Hall–Kier alpha value is -2.21. The number of fused-ring (bicyclic) bond motifs is 1. The van der Waals surface area contributed by atoms with Gasteiger partial charge >= 0.3 is 0 Å². The Morgan fingerprint density at radius 2 is 2.25 bits per heavy atom. The second-order valence-electron chi connectivity index (χ2n) is 6.18. The normalized spacial score (nSPS) is 21.0. The molecule has 0 saturated heterocycles. The third-order valence-corrected chi connectivity index (χ3v) is 4.45. The first-order valence-electron chi connectivity index (χ1n) is 7.60. The van der Waals surface area contributed by atoms with Gasteiger partial charge in [-0.3, -0.25) is 14.4 Å². The summed E-state index contributed by atoms with van der Waals surface area (Å²) in [6.45, 7) is 9.14. The van der Waals surface area contributed by atoms with Crippen LogP contribution in [0.25, 0.3) is 0 Å². The molecule has 2 aromatic heterocycles. The molecule has 0 bridgehead atoms. The fourth-order valence-corrected chi connectivity index (χ4v) is 3.34. The zero-order chi connectivity index (χ0) is 17.6. The molecular weight excluding hydrogens is 331 g/mol. The van der Waals surface area contributed by atoms with Crippen LogP contribution in [0.4, 0.5) is 10.1 Å². The number of hydrogen-bond acceptors (Lipinski definition) is 3. The van der Waals surface area contributed by atoms with Crippen molar-refractivity contribution in [2.45, 2.75) is 39.0 Å². The Kier molecular flexibility index (Phi) is 3.95. The van der Waals surface area contributed by atoms with Gasteiger partial charge in [0.1, 0.15) is 16.9 Å². The van der Waals surface area contributed by atoms with Crippen LogP contribution in [-0.4, -0.2) is 26.8 Å². The van der Waals surface area contributed by atoms with Crippen LogP contribution >= 0.6 is 11.6 Å². The van der Waals surface area contributed by atoms with E-state index in [9.17, 15) is 9.18 Å². The molecule has 2 unspecified atom stereocenters. The monoisotopic (exact) mass is 348 g/mol. The summed E-state index contributed by atoms with van der Waals surface area (Å²) in [7, 11) is 0. The van der Waals surface area contributed by atoms with E-state index in [1.165, 1.54) is 11.6 Å². The van der Waals surface area contributed by atoms with Crippen LogP contribution in [0.5, 0.6) is 0 Å². The van der Waals surface area contributed by atoms with Crippen LogP contribution in [0.2, 0.25) is 5.15 Å². The highest BCUT2D eigenvalue weighted by molar-refractivity contribution is 6.29. The number of hydrogen-bond donors (Lipinski definition) is 0. The maximum Gasteiger partial charge on any atom is 0.261 e. The number of aryl methyl sites for hydroxylation is 1. The Labute approximate surface area is 144 Å². The van der Waals surface area contributed by atoms with Gasteiger partial charge in [0.25, 0.3) is 5.91 Å². The summed E-state index contributed by atoms with van der Waals surface area (Å²) in [6.07, 6.45) is 3.83. The minimum absolute atomic E-state index is 0.128. The predicted molar refractivity (Wildman–Crippen MR) is 91.1 cm³/mol. The van der Waals surface area contributed by atoms with Crippen molar-refractivity contribution in [3.05, 3.63) is 53.1 Å². The molecule has 2 atom stereocenters. The molecular formula is C17H18ClFN4O. The summed E-state index contributed by atoms with van der Waals surface area (Å²) in [6, 6.07) is 1.67. The minimum Gasteiger partial charge on any atom is -0.290 e. The Morgan fingerprint density at radius 3 is 2.88 bits per heavy atom. The second kappa shape index (κ2) is 5.70. The van der Waals surface area contributed by atoms with Crippen molar-refractivity contribution in [2.75, 3.05) is 4.90 Å². The number of halogens is 2. The minimum atomic E-state index is -1.03. The fourth-order valence-electron chi connectivity index (χ4n) is 3.10. The zero-order valence-corrected chi connectivity index (χ0v) is 14.5. The third-order valence-electron chi connectivity index (χ3n) is 4.26. The molecule has 0 radical (unpaired) electrons. The first-order valence-corrected chi connectivity index (χ1v) is 7.98. The van der Waals surface area contributed by atoms with Crippen LogP contribution in [-0.2, 0) is 12.1 Å². The molecule has 1 amide bonds. The highest BCUT2D eigenvalue weighted by Crippen LogP contribution is 2.43. The van der Waals surface area contributed by atoms with Gasteiger partial charge in [-0.05, 0) is 32.4 Å². The fraction of sp³-hybridized carbons (Fsp3) is 0.353. The Bertz CT molecular complexity index is 832. The molecule has 0 fully saturated rings. The van der Waals surface area contributed by atoms with Crippen molar-refractivity contribution < 1.29 is 9.18 Å². The second-order valence-corrected chi connectivity index (χ2v) is 6.57. The standard InChI is InChI=1S/C17H18ClFN4O/c1-5-17(4)15-14(10(2)6-13(18)21-15)16(24)23(17)12-7-20-22(9-12)8-11(3)19/h5-7,9,11H,1,8H2,2-4H3. The van der Waals surface area contributed by atoms with E-state index < -0.39 is 11.7 Å².